The second-order valence-corrected chi connectivity index (χ2v) is 12.5. The van der Waals surface area contributed by atoms with E-state index in [-0.39, 0.29) is 10.8 Å². The predicted molar refractivity (Wildman–Crippen MR) is 156 cm³/mol. The maximum Gasteiger partial charge on any atom is 0.0531 e. The van der Waals surface area contributed by atoms with Crippen molar-refractivity contribution in [2.75, 3.05) is 0 Å². The number of para-hydroxylation sites is 2. The Kier molecular flexibility index (Phi) is 5.90. The highest BCUT2D eigenvalue weighted by Gasteiger charge is 2.23. The summed E-state index contributed by atoms with van der Waals surface area (Å²) in [4.78, 5) is 0. The zero-order valence-electron chi connectivity index (χ0n) is 23.2. The number of benzene rings is 3. The molecule has 2 nitrogen and oxygen atoms in total. The summed E-state index contributed by atoms with van der Waals surface area (Å²) in [5.74, 6) is 0.483. The van der Waals surface area contributed by atoms with Crippen molar-refractivity contribution in [3.05, 3.63) is 95.8 Å². The van der Waals surface area contributed by atoms with Crippen molar-refractivity contribution < 1.29 is 0 Å². The average molecular weight is 477 g/mol. The normalized spacial score (nSPS) is 13.6. The van der Waals surface area contributed by atoms with E-state index in [9.17, 15) is 0 Å². The van der Waals surface area contributed by atoms with E-state index < -0.39 is 0 Å². The van der Waals surface area contributed by atoms with Gasteiger partial charge in [0.2, 0.25) is 0 Å². The van der Waals surface area contributed by atoms with Gasteiger partial charge in [0.1, 0.15) is 0 Å². The van der Waals surface area contributed by atoms with Gasteiger partial charge in [-0.2, -0.15) is 0 Å². The molecule has 1 unspecified atom stereocenters. The molecule has 0 saturated heterocycles. The highest BCUT2D eigenvalue weighted by atomic mass is 15.0. The van der Waals surface area contributed by atoms with E-state index in [1.807, 2.05) is 0 Å². The van der Waals surface area contributed by atoms with Crippen molar-refractivity contribution in [3.63, 3.8) is 0 Å². The van der Waals surface area contributed by atoms with Gasteiger partial charge in [-0.3, -0.25) is 0 Å². The summed E-state index contributed by atoms with van der Waals surface area (Å²) in [6.07, 6.45) is 5.83. The molecule has 0 aliphatic carbocycles. The smallest absolute Gasteiger partial charge is 0.0531 e. The van der Waals surface area contributed by atoms with E-state index in [2.05, 4.69) is 144 Å². The molecule has 3 aromatic carbocycles. The lowest BCUT2D eigenvalue weighted by atomic mass is 9.87. The minimum atomic E-state index is 0.0697. The third-order valence-electron chi connectivity index (χ3n) is 7.70. The molecule has 0 bridgehead atoms. The zero-order valence-corrected chi connectivity index (χ0v) is 23.2. The Morgan fingerprint density at radius 3 is 1.44 bits per heavy atom. The first kappa shape index (κ1) is 24.4. The quantitative estimate of drug-likeness (QED) is 0.244. The number of fused-ring (bicyclic) bond motifs is 2. The molecule has 0 aliphatic rings. The summed E-state index contributed by atoms with van der Waals surface area (Å²) in [5.41, 5.74) is 9.28. The topological polar surface area (TPSA) is 9.86 Å². The Balaban J connectivity index is 1.81. The third kappa shape index (κ3) is 4.17. The molecule has 5 aromatic rings. The minimum Gasteiger partial charge on any atom is -0.316 e. The summed E-state index contributed by atoms with van der Waals surface area (Å²) in [6.45, 7) is 18.5. The van der Waals surface area contributed by atoms with Crippen LogP contribution in [-0.2, 0) is 10.8 Å². The molecule has 2 heteroatoms. The van der Waals surface area contributed by atoms with Gasteiger partial charge >= 0.3 is 0 Å². The Labute approximate surface area is 216 Å². The van der Waals surface area contributed by atoms with E-state index >= 15 is 0 Å². The van der Waals surface area contributed by atoms with Gasteiger partial charge in [0.05, 0.1) is 11.0 Å². The van der Waals surface area contributed by atoms with Gasteiger partial charge in [-0.1, -0.05) is 91.8 Å². The lowest BCUT2D eigenvalue weighted by Crippen LogP contribution is -2.10. The van der Waals surface area contributed by atoms with Crippen LogP contribution >= 0.6 is 0 Å². The van der Waals surface area contributed by atoms with Crippen LogP contribution in [0.4, 0.5) is 0 Å². The maximum atomic E-state index is 2.40. The highest BCUT2D eigenvalue weighted by Crippen LogP contribution is 2.37. The van der Waals surface area contributed by atoms with Crippen LogP contribution in [0, 0.1) is 0 Å². The van der Waals surface area contributed by atoms with Crippen molar-refractivity contribution in [1.82, 2.24) is 9.13 Å². The molecule has 0 saturated carbocycles. The van der Waals surface area contributed by atoms with Gasteiger partial charge < -0.3 is 9.13 Å². The fourth-order valence-electron chi connectivity index (χ4n) is 5.40. The molecular weight excluding hydrogens is 436 g/mol. The Bertz CT molecular complexity index is 1440. The number of rotatable bonds is 4. The summed E-state index contributed by atoms with van der Waals surface area (Å²) >= 11 is 0. The van der Waals surface area contributed by atoms with Crippen LogP contribution in [0.25, 0.3) is 33.2 Å². The van der Waals surface area contributed by atoms with Gasteiger partial charge in [-0.15, -0.1) is 0 Å². The second-order valence-electron chi connectivity index (χ2n) is 12.5. The van der Waals surface area contributed by atoms with Gasteiger partial charge in [-0.25, -0.2) is 0 Å². The number of hydrogen-bond donors (Lipinski definition) is 0. The zero-order chi connectivity index (χ0) is 25.8. The SMILES string of the molecule is CCC(C)c1cc(-n2cc(C(C)(C)C)c3ccccc32)cc(-n2cc(C(C)(C)C)c3ccccc32)c1. The monoisotopic (exact) mass is 476 g/mol. The summed E-state index contributed by atoms with van der Waals surface area (Å²) in [7, 11) is 0. The number of aromatic nitrogens is 2. The van der Waals surface area contributed by atoms with Crippen LogP contribution in [0.1, 0.15) is 84.4 Å². The van der Waals surface area contributed by atoms with Crippen LogP contribution in [0.3, 0.4) is 0 Å². The molecule has 0 radical (unpaired) electrons. The second kappa shape index (κ2) is 8.69. The van der Waals surface area contributed by atoms with Gasteiger partial charge in [0.15, 0.2) is 0 Å². The van der Waals surface area contributed by atoms with Crippen molar-refractivity contribution in [1.29, 1.82) is 0 Å². The maximum absolute atomic E-state index is 2.40. The molecule has 2 heterocycles. The van der Waals surface area contributed by atoms with E-state index in [0.29, 0.717) is 5.92 Å². The molecule has 186 valence electrons. The summed E-state index contributed by atoms with van der Waals surface area (Å²) < 4.78 is 4.81. The molecule has 0 aliphatic heterocycles. The standard InChI is InChI=1S/C34H40N2/c1-9-23(2)24-18-25(35-21-29(33(3,4)5)27-14-10-12-16-31(27)35)20-26(19-24)36-22-30(34(6,7)8)28-15-11-13-17-32(28)36/h10-23H,9H2,1-8H3. The van der Waals surface area contributed by atoms with E-state index in [0.717, 1.165) is 6.42 Å². The average Bonchev–Trinajstić information content (AvgIpc) is 3.43. The van der Waals surface area contributed by atoms with Crippen LogP contribution < -0.4 is 0 Å². The van der Waals surface area contributed by atoms with Crippen LogP contribution in [-0.4, -0.2) is 9.13 Å². The predicted octanol–water partition coefficient (Wildman–Crippen LogP) is 9.68. The first-order chi connectivity index (χ1) is 17.0. The molecule has 36 heavy (non-hydrogen) atoms. The van der Waals surface area contributed by atoms with Gasteiger partial charge in [0, 0.05) is 34.5 Å². The van der Waals surface area contributed by atoms with Gasteiger partial charge in [-0.05, 0) is 70.2 Å². The van der Waals surface area contributed by atoms with Crippen LogP contribution in [0.5, 0.6) is 0 Å². The molecule has 0 amide bonds. The Morgan fingerprint density at radius 1 is 0.639 bits per heavy atom. The van der Waals surface area contributed by atoms with E-state index in [1.54, 1.807) is 0 Å². The lowest BCUT2D eigenvalue weighted by molar-refractivity contribution is 0.594. The number of hydrogen-bond acceptors (Lipinski definition) is 0. The van der Waals surface area contributed by atoms with Crippen LogP contribution in [0.2, 0.25) is 0 Å². The Morgan fingerprint density at radius 2 is 1.06 bits per heavy atom. The fraction of sp³-hybridized carbons (Fsp3) is 0.353. The first-order valence-electron chi connectivity index (χ1n) is 13.4. The third-order valence-corrected chi connectivity index (χ3v) is 7.70. The van der Waals surface area contributed by atoms with E-state index in [1.165, 1.54) is 49.9 Å². The Hall–Kier alpha value is -3.26. The minimum absolute atomic E-state index is 0.0697. The van der Waals surface area contributed by atoms with Crippen molar-refractivity contribution in [3.8, 4) is 11.4 Å². The summed E-state index contributed by atoms with van der Waals surface area (Å²) in [5, 5.41) is 2.67. The van der Waals surface area contributed by atoms with Crippen molar-refractivity contribution in [2.45, 2.75) is 78.6 Å². The lowest BCUT2D eigenvalue weighted by Gasteiger charge is -2.18. The van der Waals surface area contributed by atoms with Crippen LogP contribution in [0.15, 0.2) is 79.1 Å². The molecule has 1 atom stereocenters. The summed E-state index contributed by atoms with van der Waals surface area (Å²) in [6, 6.07) is 24.8. The van der Waals surface area contributed by atoms with Crippen molar-refractivity contribution in [2.24, 2.45) is 0 Å². The van der Waals surface area contributed by atoms with Gasteiger partial charge in [0.25, 0.3) is 0 Å². The van der Waals surface area contributed by atoms with E-state index in [4.69, 9.17) is 0 Å². The fourth-order valence-corrected chi connectivity index (χ4v) is 5.40. The first-order valence-corrected chi connectivity index (χ1v) is 13.4. The molecule has 2 aromatic heterocycles. The molecule has 0 N–H and O–H groups in total. The van der Waals surface area contributed by atoms with Crippen molar-refractivity contribution >= 4 is 21.8 Å². The molecular formula is C34H40N2. The number of nitrogens with zero attached hydrogens (tertiary/aromatic N) is 2. The highest BCUT2D eigenvalue weighted by molar-refractivity contribution is 5.88. The molecule has 0 fully saturated rings. The molecule has 5 rings (SSSR count). The molecule has 0 spiro atoms. The largest absolute Gasteiger partial charge is 0.316 e.